The van der Waals surface area contributed by atoms with Gasteiger partial charge in [-0.15, -0.1) is 0 Å². The second kappa shape index (κ2) is 3.17. The van der Waals surface area contributed by atoms with E-state index in [2.05, 4.69) is 5.10 Å². The summed E-state index contributed by atoms with van der Waals surface area (Å²) in [6.07, 6.45) is -0.110. The van der Waals surface area contributed by atoms with Crippen LogP contribution in [0.4, 0.5) is 8.78 Å². The third-order valence-corrected chi connectivity index (χ3v) is 3.12. The Labute approximate surface area is 89.7 Å². The topological polar surface area (TPSA) is 37.3 Å². The second-order valence-electron chi connectivity index (χ2n) is 4.18. The van der Waals surface area contributed by atoms with E-state index in [1.807, 2.05) is 6.07 Å². The first-order valence-electron chi connectivity index (χ1n) is 5.15. The van der Waals surface area contributed by atoms with E-state index in [0.29, 0.717) is 6.42 Å². The van der Waals surface area contributed by atoms with Gasteiger partial charge in [-0.05, 0) is 30.0 Å². The van der Waals surface area contributed by atoms with Crippen LogP contribution in [0.25, 0.3) is 5.52 Å². The molecule has 1 N–H and O–H groups in total. The lowest BCUT2D eigenvalue weighted by Gasteiger charge is -2.03. The lowest BCUT2D eigenvalue weighted by molar-refractivity contribution is 0.120. The third kappa shape index (κ3) is 1.35. The third-order valence-electron chi connectivity index (χ3n) is 3.12. The highest BCUT2D eigenvalue weighted by Crippen LogP contribution is 2.51. The van der Waals surface area contributed by atoms with E-state index in [1.54, 1.807) is 16.8 Å². The minimum Gasteiger partial charge on any atom is -0.268 e. The van der Waals surface area contributed by atoms with Gasteiger partial charge in [0.15, 0.2) is 0 Å². The fraction of sp³-hybridized carbons (Fsp3) is 0.364. The van der Waals surface area contributed by atoms with Gasteiger partial charge >= 0.3 is 0 Å². The zero-order valence-corrected chi connectivity index (χ0v) is 8.36. The molecule has 84 valence electrons. The summed E-state index contributed by atoms with van der Waals surface area (Å²) in [5.41, 5.74) is 1.30. The fourth-order valence-electron chi connectivity index (χ4n) is 2.23. The molecule has 0 unspecified atom stereocenters. The van der Waals surface area contributed by atoms with Crippen LogP contribution in [0.2, 0.25) is 0 Å². The van der Waals surface area contributed by atoms with Crippen molar-refractivity contribution in [3.8, 4) is 0 Å². The van der Waals surface area contributed by atoms with Crippen LogP contribution in [0.15, 0.2) is 29.2 Å². The minimum absolute atomic E-state index is 0.167. The number of hydrogen-bond acceptors (Lipinski definition) is 1. The summed E-state index contributed by atoms with van der Waals surface area (Å²) in [4.78, 5) is 11.3. The molecule has 2 aromatic heterocycles. The molecule has 3 nitrogen and oxygen atoms in total. The van der Waals surface area contributed by atoms with Gasteiger partial charge < -0.3 is 0 Å². The van der Waals surface area contributed by atoms with Crippen molar-refractivity contribution in [1.29, 1.82) is 0 Å². The molecule has 5 heteroatoms. The predicted molar refractivity (Wildman–Crippen MR) is 54.9 cm³/mol. The van der Waals surface area contributed by atoms with Gasteiger partial charge in [0.25, 0.3) is 5.56 Å². The van der Waals surface area contributed by atoms with E-state index in [4.69, 9.17) is 0 Å². The van der Waals surface area contributed by atoms with Crippen LogP contribution >= 0.6 is 0 Å². The molecule has 1 aliphatic rings. The number of fused-ring (bicyclic) bond motifs is 1. The Bertz CT molecular complexity index is 587. The maximum atomic E-state index is 12.5. The van der Waals surface area contributed by atoms with Crippen molar-refractivity contribution in [2.75, 3.05) is 0 Å². The first-order valence-corrected chi connectivity index (χ1v) is 5.15. The van der Waals surface area contributed by atoms with Crippen molar-refractivity contribution in [1.82, 2.24) is 9.61 Å². The van der Waals surface area contributed by atoms with Crippen LogP contribution in [0, 0.1) is 5.92 Å². The lowest BCUT2D eigenvalue weighted by atomic mass is 10.1. The van der Waals surface area contributed by atoms with Gasteiger partial charge in [0.1, 0.15) is 0 Å². The molecular weight excluding hydrogens is 214 g/mol. The second-order valence-corrected chi connectivity index (χ2v) is 4.18. The highest BCUT2D eigenvalue weighted by atomic mass is 19.3. The molecule has 1 saturated carbocycles. The van der Waals surface area contributed by atoms with E-state index < -0.39 is 12.3 Å². The zero-order chi connectivity index (χ0) is 11.3. The van der Waals surface area contributed by atoms with Crippen molar-refractivity contribution in [2.45, 2.75) is 18.8 Å². The number of aromatic amines is 1. The van der Waals surface area contributed by atoms with Gasteiger partial charge in [-0.3, -0.25) is 14.4 Å². The van der Waals surface area contributed by atoms with Gasteiger partial charge in [0, 0.05) is 18.2 Å². The van der Waals surface area contributed by atoms with Gasteiger partial charge in [-0.1, -0.05) is 0 Å². The molecule has 1 aliphatic carbocycles. The molecule has 0 saturated heterocycles. The standard InChI is InChI=1S/C11H10F2N2O/c12-11(13)8-4-6(8)7-5-10(16)14-15-3-1-2-9(7)15/h1-3,5-6,8,11H,4H2,(H,14,16)/t6-,8+/m1/s1. The lowest BCUT2D eigenvalue weighted by Crippen LogP contribution is -2.11. The molecule has 0 bridgehead atoms. The molecular formula is C11H10F2N2O. The molecule has 3 rings (SSSR count). The summed E-state index contributed by atoms with van der Waals surface area (Å²) in [6, 6.07) is 5.04. The van der Waals surface area contributed by atoms with Gasteiger partial charge in [0.05, 0.1) is 5.52 Å². The van der Waals surface area contributed by atoms with Crippen molar-refractivity contribution >= 4 is 5.52 Å². The Hall–Kier alpha value is -1.65. The van der Waals surface area contributed by atoms with Gasteiger partial charge in [0.2, 0.25) is 6.43 Å². The number of rotatable bonds is 2. The maximum Gasteiger partial charge on any atom is 0.263 e. The first-order chi connectivity index (χ1) is 7.66. The normalized spacial score (nSPS) is 24.2. The average molecular weight is 224 g/mol. The Morgan fingerprint density at radius 2 is 2.31 bits per heavy atom. The van der Waals surface area contributed by atoms with Crippen LogP contribution in [0.5, 0.6) is 0 Å². The maximum absolute atomic E-state index is 12.5. The first kappa shape index (κ1) is 9.57. The van der Waals surface area contributed by atoms with Crippen LogP contribution < -0.4 is 5.56 Å². The van der Waals surface area contributed by atoms with E-state index in [0.717, 1.165) is 11.1 Å². The largest absolute Gasteiger partial charge is 0.268 e. The van der Waals surface area contributed by atoms with E-state index in [-0.39, 0.29) is 11.5 Å². The Morgan fingerprint density at radius 3 is 3.00 bits per heavy atom. The summed E-state index contributed by atoms with van der Waals surface area (Å²) in [7, 11) is 0. The number of nitrogens with zero attached hydrogens (tertiary/aromatic N) is 1. The number of nitrogens with one attached hydrogen (secondary N) is 1. The fourth-order valence-corrected chi connectivity index (χ4v) is 2.23. The summed E-state index contributed by atoms with van der Waals surface area (Å²) in [5, 5.41) is 2.61. The van der Waals surface area contributed by atoms with Crippen LogP contribution in [-0.2, 0) is 0 Å². The monoisotopic (exact) mass is 224 g/mol. The van der Waals surface area contributed by atoms with E-state index in [1.165, 1.54) is 6.07 Å². The number of aromatic nitrogens is 2. The number of halogens is 2. The molecule has 2 aromatic rings. The van der Waals surface area contributed by atoms with Crippen molar-refractivity contribution < 1.29 is 8.78 Å². The molecule has 16 heavy (non-hydrogen) atoms. The van der Waals surface area contributed by atoms with Gasteiger partial charge in [-0.2, -0.15) is 0 Å². The van der Waals surface area contributed by atoms with Gasteiger partial charge in [-0.25, -0.2) is 8.78 Å². The number of alkyl halides is 2. The van der Waals surface area contributed by atoms with Crippen molar-refractivity contribution in [2.24, 2.45) is 5.92 Å². The molecule has 0 aliphatic heterocycles. The highest BCUT2D eigenvalue weighted by Gasteiger charge is 2.45. The molecule has 0 aromatic carbocycles. The summed E-state index contributed by atoms with van der Waals surface area (Å²) in [5.74, 6) is -0.750. The SMILES string of the molecule is O=c1cc([C@H]2C[C@@H]2C(F)F)c2cccn2[nH]1. The summed E-state index contributed by atoms with van der Waals surface area (Å²) < 4.78 is 26.6. The van der Waals surface area contributed by atoms with Crippen LogP contribution in [-0.4, -0.2) is 16.0 Å². The predicted octanol–water partition coefficient (Wildman–Crippen LogP) is 2.00. The average Bonchev–Trinajstić information content (AvgIpc) is 2.89. The summed E-state index contributed by atoms with van der Waals surface area (Å²) in [6.45, 7) is 0. The number of hydrogen-bond donors (Lipinski definition) is 1. The van der Waals surface area contributed by atoms with Crippen molar-refractivity contribution in [3.63, 3.8) is 0 Å². The zero-order valence-electron chi connectivity index (χ0n) is 8.36. The highest BCUT2D eigenvalue weighted by molar-refractivity contribution is 5.57. The molecule has 0 radical (unpaired) electrons. The van der Waals surface area contributed by atoms with E-state index >= 15 is 0 Å². The van der Waals surface area contributed by atoms with Crippen molar-refractivity contribution in [3.05, 3.63) is 40.3 Å². The minimum atomic E-state index is -2.29. The van der Waals surface area contributed by atoms with Crippen LogP contribution in [0.3, 0.4) is 0 Å². The molecule has 2 atom stereocenters. The Morgan fingerprint density at radius 1 is 1.50 bits per heavy atom. The molecule has 2 heterocycles. The van der Waals surface area contributed by atoms with Crippen LogP contribution in [0.1, 0.15) is 17.9 Å². The molecule has 0 amide bonds. The van der Waals surface area contributed by atoms with E-state index in [9.17, 15) is 13.6 Å². The Kier molecular flexibility index (Phi) is 1.89. The Balaban J connectivity index is 2.10. The quantitative estimate of drug-likeness (QED) is 0.832. The molecule has 1 fully saturated rings. The number of H-pyrrole nitrogens is 1. The molecule has 0 spiro atoms. The smallest absolute Gasteiger partial charge is 0.263 e. The summed E-state index contributed by atoms with van der Waals surface area (Å²) >= 11 is 0.